The average Bonchev–Trinajstić information content (AvgIpc) is 2.67. The predicted octanol–water partition coefficient (Wildman–Crippen LogP) is 3.98. The second-order valence-electron chi connectivity index (χ2n) is 7.00. The Hall–Kier alpha value is -2.13. The number of carbonyl (C=O) groups excluding carboxylic acids is 2. The summed E-state index contributed by atoms with van der Waals surface area (Å²) in [6, 6.07) is 8.95. The molecule has 31 heavy (non-hydrogen) atoms. The molecule has 0 unspecified atom stereocenters. The third-order valence-electron chi connectivity index (χ3n) is 4.49. The number of ether oxygens (including phenoxy) is 1. The van der Waals surface area contributed by atoms with Crippen molar-refractivity contribution in [2.75, 3.05) is 20.7 Å². The molecular formula is C21H24Cl2N2O5S. The molecule has 2 aromatic rings. The van der Waals surface area contributed by atoms with Gasteiger partial charge in [0.15, 0.2) is 0 Å². The van der Waals surface area contributed by atoms with E-state index < -0.39 is 27.9 Å². The van der Waals surface area contributed by atoms with Gasteiger partial charge in [0.25, 0.3) is 5.91 Å². The van der Waals surface area contributed by atoms with Crippen LogP contribution in [0.25, 0.3) is 0 Å². The number of nitrogens with zero attached hydrogens (tertiary/aromatic N) is 1. The lowest BCUT2D eigenvalue weighted by molar-refractivity contribution is -0.143. The highest BCUT2D eigenvalue weighted by molar-refractivity contribution is 7.89. The Labute approximate surface area is 192 Å². The SMILES string of the molecule is CCOC(=O)C[C@@H](NC(=O)c1cc(S(=O)(=O)N(C)C)c(Cl)cc1Cl)c1ccc(C)cc1. The zero-order valence-corrected chi connectivity index (χ0v) is 19.9. The van der Waals surface area contributed by atoms with Gasteiger partial charge in [0, 0.05) is 14.1 Å². The van der Waals surface area contributed by atoms with Crippen molar-refractivity contribution in [3.05, 3.63) is 63.1 Å². The smallest absolute Gasteiger partial charge is 0.308 e. The average molecular weight is 487 g/mol. The number of carbonyl (C=O) groups is 2. The van der Waals surface area contributed by atoms with Crippen LogP contribution >= 0.6 is 23.2 Å². The summed E-state index contributed by atoms with van der Waals surface area (Å²) in [5.74, 6) is -1.13. The molecule has 0 heterocycles. The van der Waals surface area contributed by atoms with Crippen LogP contribution in [-0.4, -0.2) is 45.3 Å². The van der Waals surface area contributed by atoms with Crippen LogP contribution in [0.2, 0.25) is 10.0 Å². The van der Waals surface area contributed by atoms with Gasteiger partial charge in [-0.15, -0.1) is 0 Å². The van der Waals surface area contributed by atoms with Crippen LogP contribution in [0.15, 0.2) is 41.3 Å². The second-order valence-corrected chi connectivity index (χ2v) is 9.93. The summed E-state index contributed by atoms with van der Waals surface area (Å²) in [6.07, 6.45) is -0.100. The van der Waals surface area contributed by atoms with Gasteiger partial charge in [0.1, 0.15) is 4.90 Å². The van der Waals surface area contributed by atoms with Crippen molar-refractivity contribution in [2.45, 2.75) is 31.2 Å². The molecule has 2 rings (SSSR count). The fraction of sp³-hybridized carbons (Fsp3) is 0.333. The van der Waals surface area contributed by atoms with Crippen LogP contribution in [0.3, 0.4) is 0 Å². The molecule has 0 radical (unpaired) electrons. The lowest BCUT2D eigenvalue weighted by Crippen LogP contribution is -2.31. The Kier molecular flexibility index (Phi) is 8.48. The minimum atomic E-state index is -3.90. The van der Waals surface area contributed by atoms with Gasteiger partial charge >= 0.3 is 5.97 Å². The van der Waals surface area contributed by atoms with Crippen molar-refractivity contribution in [1.82, 2.24) is 9.62 Å². The van der Waals surface area contributed by atoms with Crippen molar-refractivity contribution in [2.24, 2.45) is 0 Å². The van der Waals surface area contributed by atoms with Gasteiger partial charge < -0.3 is 10.1 Å². The normalized spacial score (nSPS) is 12.5. The molecule has 10 heteroatoms. The van der Waals surface area contributed by atoms with E-state index in [1.54, 1.807) is 19.1 Å². The summed E-state index contributed by atoms with van der Waals surface area (Å²) in [5, 5.41) is 2.64. The van der Waals surface area contributed by atoms with Gasteiger partial charge in [-0.2, -0.15) is 0 Å². The number of aryl methyl sites for hydroxylation is 1. The van der Waals surface area contributed by atoms with Gasteiger partial charge in [-0.1, -0.05) is 53.0 Å². The number of esters is 1. The van der Waals surface area contributed by atoms with Crippen LogP contribution in [0, 0.1) is 6.92 Å². The van der Waals surface area contributed by atoms with Crippen LogP contribution in [-0.2, 0) is 19.6 Å². The van der Waals surface area contributed by atoms with Crippen LogP contribution < -0.4 is 5.32 Å². The highest BCUT2D eigenvalue weighted by Crippen LogP contribution is 2.30. The van der Waals surface area contributed by atoms with Gasteiger partial charge in [-0.05, 0) is 31.5 Å². The summed E-state index contributed by atoms with van der Waals surface area (Å²) in [4.78, 5) is 24.9. The van der Waals surface area contributed by atoms with E-state index in [0.29, 0.717) is 5.56 Å². The standard InChI is InChI=1S/C21H24Cl2N2O5S/c1-5-30-20(26)12-18(14-8-6-13(2)7-9-14)24-21(27)15-10-19(17(23)11-16(15)22)31(28,29)25(3)4/h6-11,18H,5,12H2,1-4H3,(H,24,27)/t18-/m1/s1. The van der Waals surface area contributed by atoms with Gasteiger partial charge in [0.05, 0.1) is 34.7 Å². The summed E-state index contributed by atoms with van der Waals surface area (Å²) in [6.45, 7) is 3.82. The minimum Gasteiger partial charge on any atom is -0.466 e. The van der Waals surface area contributed by atoms with Crippen molar-refractivity contribution in [1.29, 1.82) is 0 Å². The number of halogens is 2. The first-order chi connectivity index (χ1) is 14.5. The summed E-state index contributed by atoms with van der Waals surface area (Å²) >= 11 is 12.3. The molecule has 0 bridgehead atoms. The molecule has 0 aliphatic rings. The number of amides is 1. The third kappa shape index (κ3) is 6.20. The minimum absolute atomic E-state index is 0.0148. The summed E-state index contributed by atoms with van der Waals surface area (Å²) in [5.41, 5.74) is 1.63. The maximum absolute atomic E-state index is 13.0. The molecule has 0 aliphatic heterocycles. The lowest BCUT2D eigenvalue weighted by atomic mass is 10.0. The topological polar surface area (TPSA) is 92.8 Å². The molecule has 1 amide bonds. The van der Waals surface area contributed by atoms with E-state index >= 15 is 0 Å². The van der Waals surface area contributed by atoms with E-state index in [4.69, 9.17) is 27.9 Å². The Balaban J connectivity index is 2.42. The van der Waals surface area contributed by atoms with Gasteiger partial charge in [0.2, 0.25) is 10.0 Å². The summed E-state index contributed by atoms with van der Waals surface area (Å²) < 4.78 is 31.1. The Morgan fingerprint density at radius 1 is 1.10 bits per heavy atom. The van der Waals surface area contributed by atoms with Crippen LogP contribution in [0.1, 0.15) is 40.9 Å². The monoisotopic (exact) mass is 486 g/mol. The van der Waals surface area contributed by atoms with Crippen molar-refractivity contribution in [3.63, 3.8) is 0 Å². The molecule has 168 valence electrons. The summed E-state index contributed by atoms with van der Waals surface area (Å²) in [7, 11) is -1.20. The van der Waals surface area contributed by atoms with Crippen molar-refractivity contribution >= 4 is 45.1 Å². The highest BCUT2D eigenvalue weighted by atomic mass is 35.5. The lowest BCUT2D eigenvalue weighted by Gasteiger charge is -2.20. The molecular weight excluding hydrogens is 463 g/mol. The highest BCUT2D eigenvalue weighted by Gasteiger charge is 2.26. The molecule has 0 saturated heterocycles. The third-order valence-corrected chi connectivity index (χ3v) is 7.08. The molecule has 0 spiro atoms. The van der Waals surface area contributed by atoms with Crippen LogP contribution in [0.5, 0.6) is 0 Å². The molecule has 1 N–H and O–H groups in total. The van der Waals surface area contributed by atoms with E-state index in [0.717, 1.165) is 15.9 Å². The molecule has 7 nitrogen and oxygen atoms in total. The Morgan fingerprint density at radius 2 is 1.71 bits per heavy atom. The number of nitrogens with one attached hydrogen (secondary N) is 1. The molecule has 0 aromatic heterocycles. The molecule has 2 aromatic carbocycles. The van der Waals surface area contributed by atoms with Crippen molar-refractivity contribution in [3.8, 4) is 0 Å². The van der Waals surface area contributed by atoms with E-state index in [1.807, 2.05) is 19.1 Å². The van der Waals surface area contributed by atoms with E-state index in [9.17, 15) is 18.0 Å². The van der Waals surface area contributed by atoms with Crippen molar-refractivity contribution < 1.29 is 22.7 Å². The molecule has 0 saturated carbocycles. The van der Waals surface area contributed by atoms with E-state index in [-0.39, 0.29) is 33.5 Å². The van der Waals surface area contributed by atoms with Crippen LogP contribution in [0.4, 0.5) is 0 Å². The predicted molar refractivity (Wildman–Crippen MR) is 120 cm³/mol. The quantitative estimate of drug-likeness (QED) is 0.569. The van der Waals surface area contributed by atoms with E-state index in [1.165, 1.54) is 20.2 Å². The number of hydrogen-bond acceptors (Lipinski definition) is 5. The fourth-order valence-electron chi connectivity index (χ4n) is 2.77. The first-order valence-electron chi connectivity index (χ1n) is 9.42. The first-order valence-corrected chi connectivity index (χ1v) is 11.6. The zero-order valence-electron chi connectivity index (χ0n) is 17.6. The molecule has 1 atom stereocenters. The number of hydrogen-bond donors (Lipinski definition) is 1. The maximum atomic E-state index is 13.0. The number of sulfonamides is 1. The largest absolute Gasteiger partial charge is 0.466 e. The molecule has 0 fully saturated rings. The Morgan fingerprint density at radius 3 is 2.26 bits per heavy atom. The number of benzene rings is 2. The second kappa shape index (κ2) is 10.5. The van der Waals surface area contributed by atoms with Gasteiger partial charge in [-0.25, -0.2) is 12.7 Å². The van der Waals surface area contributed by atoms with Gasteiger partial charge in [-0.3, -0.25) is 9.59 Å². The fourth-order valence-corrected chi connectivity index (χ4v) is 4.50. The first kappa shape index (κ1) is 25.1. The maximum Gasteiger partial charge on any atom is 0.308 e. The Bertz CT molecular complexity index is 1070. The molecule has 0 aliphatic carbocycles. The van der Waals surface area contributed by atoms with E-state index in [2.05, 4.69) is 5.32 Å². The number of rotatable bonds is 8. The zero-order chi connectivity index (χ0) is 23.3.